The Morgan fingerprint density at radius 2 is 0.838 bits per heavy atom. The van der Waals surface area contributed by atoms with E-state index < -0.39 is 45.0 Å². The first-order valence-corrected chi connectivity index (χ1v) is 27.8. The van der Waals surface area contributed by atoms with Crippen LogP contribution < -0.4 is 9.47 Å². The van der Waals surface area contributed by atoms with Crippen LogP contribution in [-0.2, 0) is 39.0 Å². The number of ether oxygens (including phenoxy) is 6. The zero-order valence-corrected chi connectivity index (χ0v) is 44.2. The fourth-order valence-corrected chi connectivity index (χ4v) is 13.2. The molecule has 4 unspecified atom stereocenters. The first-order chi connectivity index (χ1) is 35.8. The quantitative estimate of drug-likeness (QED) is 0.118. The van der Waals surface area contributed by atoms with Crippen molar-refractivity contribution in [3.8, 4) is 11.5 Å². The van der Waals surface area contributed by atoms with E-state index in [1.165, 1.54) is 8.61 Å². The molecule has 4 aliphatic rings. The number of rotatable bonds is 17. The van der Waals surface area contributed by atoms with Crippen LogP contribution >= 0.6 is 0 Å². The van der Waals surface area contributed by atoms with Gasteiger partial charge in [0.05, 0.1) is 97.0 Å². The first-order valence-electron chi connectivity index (χ1n) is 25.0. The molecule has 6 aromatic rings. The van der Waals surface area contributed by atoms with Crippen molar-refractivity contribution in [1.82, 2.24) is 48.1 Å². The monoisotopic (exact) mass is 1050 g/mol. The third-order valence-electron chi connectivity index (χ3n) is 14.7. The first kappa shape index (κ1) is 52.1. The normalized spacial score (nSPS) is 20.2. The van der Waals surface area contributed by atoms with Crippen molar-refractivity contribution in [2.75, 3.05) is 107 Å². The van der Waals surface area contributed by atoms with Crippen LogP contribution in [0.25, 0.3) is 21.8 Å². The van der Waals surface area contributed by atoms with Crippen LogP contribution in [0.15, 0.2) is 107 Å². The average Bonchev–Trinajstić information content (AvgIpc) is 4.21. The molecular weight excluding hydrogens is 989 g/mol. The van der Waals surface area contributed by atoms with Gasteiger partial charge in [0.25, 0.3) is 0 Å². The topological polar surface area (TPSA) is 195 Å². The van der Waals surface area contributed by atoms with E-state index >= 15 is 0 Å². The number of para-hydroxylation sites is 2. The number of piperazine rings is 2. The molecule has 6 heterocycles. The van der Waals surface area contributed by atoms with Crippen LogP contribution in [0, 0.1) is 0 Å². The third-order valence-corrected chi connectivity index (χ3v) is 18.5. The van der Waals surface area contributed by atoms with Crippen molar-refractivity contribution >= 4 is 41.9 Å². The fraction of sp³-hybridized carbons (Fsp3) is 0.462. The Morgan fingerprint density at radius 3 is 1.18 bits per heavy atom. The summed E-state index contributed by atoms with van der Waals surface area (Å²) < 4.78 is 93.9. The van der Waals surface area contributed by atoms with Gasteiger partial charge in [-0.2, -0.15) is 8.61 Å². The lowest BCUT2D eigenvalue weighted by atomic mass is 9.93. The summed E-state index contributed by atoms with van der Waals surface area (Å²) in [5, 5.41) is 1.63. The third kappa shape index (κ3) is 10.3. The highest BCUT2D eigenvalue weighted by atomic mass is 32.2. The van der Waals surface area contributed by atoms with E-state index in [-0.39, 0.29) is 48.1 Å². The van der Waals surface area contributed by atoms with Gasteiger partial charge in [-0.3, -0.25) is 9.80 Å². The molecule has 0 saturated carbocycles. The number of hydrogen-bond donors (Lipinski definition) is 0. The number of sulfonamides is 2. The van der Waals surface area contributed by atoms with Gasteiger partial charge in [-0.15, -0.1) is 0 Å². The second-order valence-electron chi connectivity index (χ2n) is 18.9. The summed E-state index contributed by atoms with van der Waals surface area (Å²) >= 11 is 0. The van der Waals surface area contributed by atoms with Crippen molar-refractivity contribution in [3.63, 3.8) is 0 Å². The number of aromatic nitrogens is 4. The Hall–Kier alpha value is -5.34. The van der Waals surface area contributed by atoms with Crippen LogP contribution in [-0.4, -0.2) is 185 Å². The molecule has 2 aromatic heterocycles. The molecule has 10 rings (SSSR count). The molecule has 0 radical (unpaired) electrons. The van der Waals surface area contributed by atoms with E-state index in [1.54, 1.807) is 62.8 Å². The number of hydrogen-bond acceptors (Lipinski definition) is 18. The molecule has 20 nitrogen and oxygen atoms in total. The number of methoxy groups -OCH3 is 2. The van der Waals surface area contributed by atoms with Crippen molar-refractivity contribution in [3.05, 3.63) is 120 Å². The Bertz CT molecular complexity index is 2920. The largest absolute Gasteiger partial charge is 0.497 e. The second kappa shape index (κ2) is 22.1. The smallest absolute Gasteiger partial charge is 0.243 e. The van der Waals surface area contributed by atoms with Gasteiger partial charge in [-0.25, -0.2) is 46.6 Å². The molecule has 4 aromatic carbocycles. The molecule has 0 amide bonds. The molecule has 0 spiro atoms. The summed E-state index contributed by atoms with van der Waals surface area (Å²) in [5.41, 5.74) is 2.86. The Kier molecular flexibility index (Phi) is 15.6. The molecular formula is C52H64N10O10S2. The summed E-state index contributed by atoms with van der Waals surface area (Å²) in [6.07, 6.45) is -1.51. The molecule has 22 heteroatoms. The van der Waals surface area contributed by atoms with E-state index in [1.807, 2.05) is 62.6 Å². The number of benzene rings is 4. The molecule has 74 heavy (non-hydrogen) atoms. The van der Waals surface area contributed by atoms with E-state index in [0.29, 0.717) is 87.1 Å². The van der Waals surface area contributed by atoms with E-state index in [2.05, 4.69) is 33.4 Å². The molecule has 0 bridgehead atoms. The summed E-state index contributed by atoms with van der Waals surface area (Å²) in [5.74, 6) is 2.31. The minimum Gasteiger partial charge on any atom is -0.497 e. The lowest BCUT2D eigenvalue weighted by Crippen LogP contribution is -2.49. The number of nitrogens with zero attached hydrogens (tertiary/aromatic N) is 10. The molecule has 0 aliphatic carbocycles. The lowest BCUT2D eigenvalue weighted by molar-refractivity contribution is -0.196. The van der Waals surface area contributed by atoms with E-state index in [4.69, 9.17) is 48.4 Å². The minimum absolute atomic E-state index is 0.218. The maximum atomic E-state index is 13.8. The van der Waals surface area contributed by atoms with Crippen molar-refractivity contribution in [1.29, 1.82) is 0 Å². The predicted octanol–water partition coefficient (Wildman–Crippen LogP) is 5.03. The van der Waals surface area contributed by atoms with Crippen molar-refractivity contribution in [2.24, 2.45) is 0 Å². The average molecular weight is 1050 g/mol. The number of fused-ring (bicyclic) bond motifs is 2. The summed E-state index contributed by atoms with van der Waals surface area (Å²) in [6, 6.07) is 26.9. The van der Waals surface area contributed by atoms with Gasteiger partial charge in [0.1, 0.15) is 23.1 Å². The van der Waals surface area contributed by atoms with Crippen LogP contribution in [0.5, 0.6) is 11.5 Å². The van der Waals surface area contributed by atoms with Crippen LogP contribution in [0.4, 0.5) is 0 Å². The van der Waals surface area contributed by atoms with Gasteiger partial charge in [-0.05, 0) is 88.6 Å². The van der Waals surface area contributed by atoms with Gasteiger partial charge in [-0.1, -0.05) is 36.4 Å². The Labute approximate surface area is 432 Å². The molecule has 394 valence electrons. The predicted molar refractivity (Wildman–Crippen MR) is 275 cm³/mol. The van der Waals surface area contributed by atoms with Crippen LogP contribution in [0.3, 0.4) is 0 Å². The maximum Gasteiger partial charge on any atom is 0.243 e. The highest BCUT2D eigenvalue weighted by Crippen LogP contribution is 2.44. The summed E-state index contributed by atoms with van der Waals surface area (Å²) in [6.45, 7) is 8.70. The number of likely N-dealkylation sites (N-methyl/N-ethyl adjacent to an activating group) is 2. The zero-order chi connectivity index (χ0) is 51.7. The van der Waals surface area contributed by atoms with Crippen LogP contribution in [0.1, 0.15) is 61.1 Å². The lowest BCUT2D eigenvalue weighted by Gasteiger charge is -2.42. The van der Waals surface area contributed by atoms with Gasteiger partial charge in [0.2, 0.25) is 32.9 Å². The highest BCUT2D eigenvalue weighted by molar-refractivity contribution is 7.89. The highest BCUT2D eigenvalue weighted by Gasteiger charge is 2.44. The van der Waals surface area contributed by atoms with E-state index in [0.717, 1.165) is 21.8 Å². The second-order valence-corrected chi connectivity index (χ2v) is 22.7. The SMILES string of the molecule is COc1ccc(S(=O)(=O)N2CCN(C(C)c3nc(C(C(c4nc(C(C)N5CCN(S(=O)(=O)c6ccc(OC)cc6)CC5)nc5ccccc45)N(C)C4OCCO4)N(C)C4OCCO4)c4ccccc4n3)CC2)cc1. The molecule has 4 fully saturated rings. The molecule has 4 atom stereocenters. The van der Waals surface area contributed by atoms with Gasteiger partial charge in [0.15, 0.2) is 0 Å². The Balaban J connectivity index is 1.02. The summed E-state index contributed by atoms with van der Waals surface area (Å²) in [7, 11) is -0.455. The van der Waals surface area contributed by atoms with Crippen molar-refractivity contribution < 1.29 is 45.3 Å². The minimum atomic E-state index is -3.74. The van der Waals surface area contributed by atoms with Crippen molar-refractivity contribution in [2.45, 2.75) is 60.6 Å². The maximum absolute atomic E-state index is 13.8. The molecule has 0 N–H and O–H groups in total. The van der Waals surface area contributed by atoms with Gasteiger partial charge < -0.3 is 28.4 Å². The standard InChI is InChI=1S/C52H64N10O10S2/c1-35(59-23-27-61(28-24-59)73(63,64)39-19-15-37(67-5)16-20-39)49-53-43-13-9-7-11-41(43)45(55-49)47(57(3)51-69-31-32-70-51)48(58(4)52-71-33-34-72-52)46-42-12-8-10-14-44(42)54-50(56-46)36(2)60-25-29-62(30-26-60)74(65,66)40-21-17-38(68-6)18-22-40/h7-22,35-36,47-48,51-52H,23-34H2,1-6H3. The summed E-state index contributed by atoms with van der Waals surface area (Å²) in [4.78, 5) is 30.5. The molecule has 4 saturated heterocycles. The fourth-order valence-electron chi connectivity index (χ4n) is 10.4. The van der Waals surface area contributed by atoms with E-state index in [9.17, 15) is 16.8 Å². The van der Waals surface area contributed by atoms with Crippen LogP contribution in [0.2, 0.25) is 0 Å². The zero-order valence-electron chi connectivity index (χ0n) is 42.6. The Morgan fingerprint density at radius 1 is 0.500 bits per heavy atom. The van der Waals surface area contributed by atoms with Gasteiger partial charge in [0, 0.05) is 63.1 Å². The molecule has 4 aliphatic heterocycles. The van der Waals surface area contributed by atoms with Gasteiger partial charge >= 0.3 is 0 Å².